The third-order valence-corrected chi connectivity index (χ3v) is 6.28. The molecule has 1 aromatic heterocycles. The van der Waals surface area contributed by atoms with Crippen molar-refractivity contribution in [2.24, 2.45) is 0 Å². The molecule has 0 saturated carbocycles. The van der Waals surface area contributed by atoms with Gasteiger partial charge in [-0.2, -0.15) is 0 Å². The Bertz CT molecular complexity index is 1270. The summed E-state index contributed by atoms with van der Waals surface area (Å²) in [4.78, 5) is 41.8. The lowest BCUT2D eigenvalue weighted by molar-refractivity contribution is -0.116. The Morgan fingerprint density at radius 1 is 0.973 bits per heavy atom. The summed E-state index contributed by atoms with van der Waals surface area (Å²) in [7, 11) is 1.44. The second-order valence-electron chi connectivity index (χ2n) is 8.77. The molecule has 1 aliphatic heterocycles. The zero-order valence-electron chi connectivity index (χ0n) is 21.2. The van der Waals surface area contributed by atoms with Crippen molar-refractivity contribution in [1.82, 2.24) is 9.47 Å². The van der Waals surface area contributed by atoms with E-state index in [1.165, 1.54) is 12.8 Å². The highest BCUT2D eigenvalue weighted by atomic mass is 16.5. The number of amides is 1. The van der Waals surface area contributed by atoms with Crippen molar-refractivity contribution in [3.05, 3.63) is 88.3 Å². The number of piperazine rings is 1. The van der Waals surface area contributed by atoms with E-state index in [0.29, 0.717) is 24.4 Å². The molecule has 1 N–H and O–H groups in total. The van der Waals surface area contributed by atoms with Crippen molar-refractivity contribution in [1.29, 1.82) is 0 Å². The van der Waals surface area contributed by atoms with E-state index in [1.807, 2.05) is 18.2 Å². The van der Waals surface area contributed by atoms with Crippen LogP contribution in [0.1, 0.15) is 23.0 Å². The number of benzene rings is 2. The Kier molecular flexibility index (Phi) is 8.58. The number of nitrogens with zero attached hydrogens (tertiary/aromatic N) is 3. The van der Waals surface area contributed by atoms with Crippen LogP contribution < -0.4 is 20.4 Å². The van der Waals surface area contributed by atoms with E-state index in [-0.39, 0.29) is 23.6 Å². The van der Waals surface area contributed by atoms with Crippen LogP contribution in [0, 0.1) is 0 Å². The predicted octanol–water partition coefficient (Wildman–Crippen LogP) is 2.99. The number of ether oxygens (including phenoxy) is 2. The second kappa shape index (κ2) is 12.2. The molecule has 0 spiro atoms. The minimum atomic E-state index is -0.407. The van der Waals surface area contributed by atoms with E-state index in [1.54, 1.807) is 48.0 Å². The average molecular weight is 505 g/mol. The van der Waals surface area contributed by atoms with Crippen LogP contribution in [0.2, 0.25) is 0 Å². The van der Waals surface area contributed by atoms with Gasteiger partial charge in [0, 0.05) is 55.9 Å². The number of pyridine rings is 1. The van der Waals surface area contributed by atoms with E-state index in [0.717, 1.165) is 31.9 Å². The van der Waals surface area contributed by atoms with Gasteiger partial charge < -0.3 is 24.3 Å². The molecule has 0 bridgehead atoms. The fourth-order valence-corrected chi connectivity index (χ4v) is 4.32. The maximum atomic E-state index is 12.9. The standard InChI is InChI=1S/C28H32N4O5/c1-3-37-28(35)21-9-11-22(12-10-21)29-27(34)20-32-19-26(36-2)25(33)17-24(32)18-30-13-15-31(16-14-30)23-7-5-4-6-8-23/h4-12,17,19H,3,13-16,18,20H2,1-2H3,(H,29,34). The summed E-state index contributed by atoms with van der Waals surface area (Å²) in [6.07, 6.45) is 1.58. The summed E-state index contributed by atoms with van der Waals surface area (Å²) in [6, 6.07) is 18.4. The van der Waals surface area contributed by atoms with Gasteiger partial charge in [-0.3, -0.25) is 14.5 Å². The molecule has 2 aromatic carbocycles. The fraction of sp³-hybridized carbons (Fsp3) is 0.321. The molecule has 1 amide bonds. The van der Waals surface area contributed by atoms with Crippen LogP contribution in [0.25, 0.3) is 0 Å². The van der Waals surface area contributed by atoms with Crippen molar-refractivity contribution in [2.75, 3.05) is 50.1 Å². The lowest BCUT2D eigenvalue weighted by Gasteiger charge is -2.36. The molecular formula is C28H32N4O5. The van der Waals surface area contributed by atoms with E-state index < -0.39 is 5.97 Å². The minimum Gasteiger partial charge on any atom is -0.491 e. The number of hydrogen-bond acceptors (Lipinski definition) is 7. The Labute approximate surface area is 216 Å². The lowest BCUT2D eigenvalue weighted by atomic mass is 10.2. The van der Waals surface area contributed by atoms with Gasteiger partial charge in [-0.1, -0.05) is 18.2 Å². The number of para-hydroxylation sites is 1. The second-order valence-corrected chi connectivity index (χ2v) is 8.77. The van der Waals surface area contributed by atoms with E-state index in [2.05, 4.69) is 27.2 Å². The molecular weight excluding hydrogens is 472 g/mol. The summed E-state index contributed by atoms with van der Waals surface area (Å²) in [5, 5.41) is 2.84. The smallest absolute Gasteiger partial charge is 0.338 e. The lowest BCUT2D eigenvalue weighted by Crippen LogP contribution is -2.46. The number of esters is 1. The maximum Gasteiger partial charge on any atom is 0.338 e. The molecule has 0 atom stereocenters. The van der Waals surface area contributed by atoms with Crippen LogP contribution in [-0.4, -0.2) is 61.2 Å². The number of nitrogens with one attached hydrogen (secondary N) is 1. The molecule has 0 unspecified atom stereocenters. The van der Waals surface area contributed by atoms with Gasteiger partial charge in [-0.05, 0) is 43.3 Å². The van der Waals surface area contributed by atoms with Crippen LogP contribution in [0.4, 0.5) is 11.4 Å². The van der Waals surface area contributed by atoms with Crippen LogP contribution in [-0.2, 0) is 22.6 Å². The summed E-state index contributed by atoms with van der Waals surface area (Å²) < 4.78 is 12.0. The van der Waals surface area contributed by atoms with Gasteiger partial charge in [0.15, 0.2) is 5.75 Å². The molecule has 1 aliphatic rings. The first kappa shape index (κ1) is 26.0. The molecule has 9 heteroatoms. The first-order valence-corrected chi connectivity index (χ1v) is 12.3. The monoisotopic (exact) mass is 504 g/mol. The number of anilines is 2. The number of hydrogen-bond donors (Lipinski definition) is 1. The molecule has 37 heavy (non-hydrogen) atoms. The first-order valence-electron chi connectivity index (χ1n) is 12.3. The van der Waals surface area contributed by atoms with Crippen LogP contribution in [0.15, 0.2) is 71.7 Å². The van der Waals surface area contributed by atoms with Gasteiger partial charge in [-0.25, -0.2) is 4.79 Å². The van der Waals surface area contributed by atoms with Crippen LogP contribution in [0.3, 0.4) is 0 Å². The van der Waals surface area contributed by atoms with Gasteiger partial charge in [0.1, 0.15) is 6.54 Å². The number of rotatable bonds is 9. The van der Waals surface area contributed by atoms with Gasteiger partial charge in [0.25, 0.3) is 0 Å². The molecule has 1 saturated heterocycles. The zero-order chi connectivity index (χ0) is 26.2. The van der Waals surface area contributed by atoms with Crippen LogP contribution >= 0.6 is 0 Å². The van der Waals surface area contributed by atoms with Crippen molar-refractivity contribution in [3.8, 4) is 5.75 Å². The topological polar surface area (TPSA) is 93.1 Å². The van der Waals surface area contributed by atoms with E-state index >= 15 is 0 Å². The highest BCUT2D eigenvalue weighted by Gasteiger charge is 2.20. The number of carbonyl (C=O) groups excluding carboxylic acids is 2. The third kappa shape index (κ3) is 6.77. The van der Waals surface area contributed by atoms with Crippen molar-refractivity contribution in [2.45, 2.75) is 20.0 Å². The Morgan fingerprint density at radius 3 is 2.32 bits per heavy atom. The highest BCUT2D eigenvalue weighted by Crippen LogP contribution is 2.18. The molecule has 9 nitrogen and oxygen atoms in total. The largest absolute Gasteiger partial charge is 0.491 e. The predicted molar refractivity (Wildman–Crippen MR) is 142 cm³/mol. The van der Waals surface area contributed by atoms with E-state index in [9.17, 15) is 14.4 Å². The third-order valence-electron chi connectivity index (χ3n) is 6.28. The minimum absolute atomic E-state index is 0.00951. The summed E-state index contributed by atoms with van der Waals surface area (Å²) >= 11 is 0. The van der Waals surface area contributed by atoms with Crippen molar-refractivity contribution >= 4 is 23.3 Å². The molecule has 3 aromatic rings. The molecule has 4 rings (SSSR count). The number of methoxy groups -OCH3 is 1. The molecule has 194 valence electrons. The average Bonchev–Trinajstić information content (AvgIpc) is 2.91. The van der Waals surface area contributed by atoms with Crippen molar-refractivity contribution in [3.63, 3.8) is 0 Å². The van der Waals surface area contributed by atoms with Gasteiger partial charge in [0.05, 0.1) is 25.5 Å². The van der Waals surface area contributed by atoms with Gasteiger partial charge in [0.2, 0.25) is 11.3 Å². The highest BCUT2D eigenvalue weighted by molar-refractivity contribution is 5.93. The quantitative estimate of drug-likeness (QED) is 0.448. The first-order chi connectivity index (χ1) is 18.0. The zero-order valence-corrected chi connectivity index (χ0v) is 21.2. The Morgan fingerprint density at radius 2 is 1.68 bits per heavy atom. The summed E-state index contributed by atoms with van der Waals surface area (Å²) in [6.45, 7) is 6.04. The number of carbonyl (C=O) groups is 2. The van der Waals surface area contributed by atoms with E-state index in [4.69, 9.17) is 9.47 Å². The normalized spacial score (nSPS) is 13.7. The molecule has 2 heterocycles. The Balaban J connectivity index is 1.42. The molecule has 1 fully saturated rings. The summed E-state index contributed by atoms with van der Waals surface area (Å²) in [5.41, 5.74) is 2.71. The SMILES string of the molecule is CCOC(=O)c1ccc(NC(=O)Cn2cc(OC)c(=O)cc2CN2CCN(c3ccccc3)CC2)cc1. The molecule has 0 aliphatic carbocycles. The Hall–Kier alpha value is -4.11. The van der Waals surface area contributed by atoms with Crippen molar-refractivity contribution < 1.29 is 19.1 Å². The number of aromatic nitrogens is 1. The van der Waals surface area contributed by atoms with Gasteiger partial charge in [-0.15, -0.1) is 0 Å². The van der Waals surface area contributed by atoms with Gasteiger partial charge >= 0.3 is 5.97 Å². The maximum absolute atomic E-state index is 12.9. The van der Waals surface area contributed by atoms with Crippen LogP contribution in [0.5, 0.6) is 5.75 Å². The summed E-state index contributed by atoms with van der Waals surface area (Å²) in [5.74, 6) is -0.482. The fourth-order valence-electron chi connectivity index (χ4n) is 4.32. The molecule has 0 radical (unpaired) electrons.